The highest BCUT2D eigenvalue weighted by Crippen LogP contribution is 2.14. The molecule has 4 heteroatoms. The molecule has 0 aliphatic heterocycles. The highest BCUT2D eigenvalue weighted by Gasteiger charge is 2.11. The molecule has 0 aliphatic carbocycles. The molecule has 1 unspecified atom stereocenters. The summed E-state index contributed by atoms with van der Waals surface area (Å²) in [4.78, 5) is 10.4. The lowest BCUT2D eigenvalue weighted by atomic mass is 10.0. The Morgan fingerprint density at radius 1 is 0.609 bits per heavy atom. The normalized spacial score (nSPS) is 12.4. The van der Waals surface area contributed by atoms with Gasteiger partial charge in [-0.2, -0.15) is 0 Å². The highest BCUT2D eigenvalue weighted by atomic mass is 16.4. The lowest BCUT2D eigenvalue weighted by Crippen LogP contribution is -2.18. The molecule has 0 amide bonds. The van der Waals surface area contributed by atoms with Crippen molar-refractivity contribution < 1.29 is 20.1 Å². The summed E-state index contributed by atoms with van der Waals surface area (Å²) < 4.78 is 0. The van der Waals surface area contributed by atoms with E-state index in [1.165, 1.54) is 70.6 Å². The van der Waals surface area contributed by atoms with Crippen molar-refractivity contribution in [2.75, 3.05) is 6.61 Å². The molecule has 138 valence electrons. The summed E-state index contributed by atoms with van der Waals surface area (Å²) >= 11 is 0. The molecule has 0 aromatic rings. The third-order valence-electron chi connectivity index (χ3n) is 4.42. The first-order valence-corrected chi connectivity index (χ1v) is 9.70. The van der Waals surface area contributed by atoms with Crippen molar-refractivity contribution in [2.45, 2.75) is 109 Å². The minimum absolute atomic E-state index is 0.338. The second-order valence-electron chi connectivity index (χ2n) is 6.67. The molecule has 0 bridgehead atoms. The number of hydrogen-bond donors (Lipinski definition) is 3. The van der Waals surface area contributed by atoms with E-state index in [-0.39, 0.29) is 0 Å². The van der Waals surface area contributed by atoms with E-state index in [2.05, 4.69) is 0 Å². The second kappa shape index (κ2) is 17.7. The molecule has 0 aliphatic rings. The predicted molar refractivity (Wildman–Crippen MR) is 94.6 cm³/mol. The van der Waals surface area contributed by atoms with Crippen LogP contribution in [-0.2, 0) is 4.79 Å². The molecule has 0 aromatic heterocycles. The Morgan fingerprint density at radius 2 is 0.913 bits per heavy atom. The Hall–Kier alpha value is -0.610. The summed E-state index contributed by atoms with van der Waals surface area (Å²) in [6.45, 7) is 0.338. The summed E-state index contributed by atoms with van der Waals surface area (Å²) in [5.74, 6) is -1.10. The van der Waals surface area contributed by atoms with Crippen LogP contribution in [0.1, 0.15) is 103 Å². The molecule has 0 spiro atoms. The molecule has 0 aromatic carbocycles. The lowest BCUT2D eigenvalue weighted by Gasteiger charge is -2.05. The third kappa shape index (κ3) is 17.6. The van der Waals surface area contributed by atoms with Crippen LogP contribution >= 0.6 is 0 Å². The van der Waals surface area contributed by atoms with Crippen LogP contribution in [0.15, 0.2) is 0 Å². The fourth-order valence-electron chi connectivity index (χ4n) is 2.87. The van der Waals surface area contributed by atoms with Gasteiger partial charge in [0.1, 0.15) is 0 Å². The van der Waals surface area contributed by atoms with Crippen LogP contribution in [0.3, 0.4) is 0 Å². The van der Waals surface area contributed by atoms with E-state index in [9.17, 15) is 4.79 Å². The van der Waals surface area contributed by atoms with Gasteiger partial charge in [0.2, 0.25) is 0 Å². The van der Waals surface area contributed by atoms with Gasteiger partial charge in [-0.05, 0) is 12.8 Å². The summed E-state index contributed by atoms with van der Waals surface area (Å²) in [7, 11) is 0. The smallest absolute Gasteiger partial charge is 0.332 e. The van der Waals surface area contributed by atoms with Gasteiger partial charge in [-0.3, -0.25) is 0 Å². The van der Waals surface area contributed by atoms with Gasteiger partial charge in [-0.25, -0.2) is 4.79 Å². The van der Waals surface area contributed by atoms with Crippen LogP contribution in [0.25, 0.3) is 0 Å². The van der Waals surface area contributed by atoms with Gasteiger partial charge in [-0.1, -0.05) is 89.9 Å². The third-order valence-corrected chi connectivity index (χ3v) is 4.42. The molecule has 23 heavy (non-hydrogen) atoms. The monoisotopic (exact) mass is 330 g/mol. The Balaban J connectivity index is 3.04. The molecule has 0 radical (unpaired) electrons. The van der Waals surface area contributed by atoms with Crippen molar-refractivity contribution in [3.8, 4) is 0 Å². The zero-order valence-corrected chi connectivity index (χ0v) is 14.8. The number of aliphatic hydroxyl groups excluding tert-OH is 2. The Morgan fingerprint density at radius 3 is 1.22 bits per heavy atom. The van der Waals surface area contributed by atoms with Crippen LogP contribution in [-0.4, -0.2) is 34.0 Å². The molecule has 1 atom stereocenters. The summed E-state index contributed by atoms with van der Waals surface area (Å²) in [6, 6.07) is 0. The Bertz CT molecular complexity index is 256. The average molecular weight is 331 g/mol. The molecule has 0 heterocycles. The van der Waals surface area contributed by atoms with Gasteiger partial charge < -0.3 is 15.3 Å². The molecular formula is C19H38O4. The van der Waals surface area contributed by atoms with E-state index in [1.54, 1.807) is 0 Å². The quantitative estimate of drug-likeness (QED) is 0.319. The zero-order valence-electron chi connectivity index (χ0n) is 14.8. The molecule has 0 fully saturated rings. The van der Waals surface area contributed by atoms with Crippen molar-refractivity contribution in [1.29, 1.82) is 0 Å². The molecule has 3 N–H and O–H groups in total. The number of hydrogen-bond acceptors (Lipinski definition) is 3. The second-order valence-corrected chi connectivity index (χ2v) is 6.67. The van der Waals surface area contributed by atoms with Crippen LogP contribution < -0.4 is 0 Å². The first kappa shape index (κ1) is 22.4. The SMILES string of the molecule is O=C(O)C(O)CCCCCCCCCCCCCCCCCO. The number of aliphatic carboxylic acids is 1. The van der Waals surface area contributed by atoms with E-state index in [4.69, 9.17) is 15.3 Å². The molecular weight excluding hydrogens is 292 g/mol. The standard InChI is InChI=1S/C19H38O4/c20-17-15-13-11-9-7-5-3-1-2-4-6-8-10-12-14-16-18(21)19(22)23/h18,20-21H,1-17H2,(H,22,23). The summed E-state index contributed by atoms with van der Waals surface area (Å²) in [5.41, 5.74) is 0. The van der Waals surface area contributed by atoms with Gasteiger partial charge in [0.05, 0.1) is 0 Å². The van der Waals surface area contributed by atoms with E-state index in [0.717, 1.165) is 25.7 Å². The number of carboxylic acids is 1. The first-order valence-electron chi connectivity index (χ1n) is 9.70. The largest absolute Gasteiger partial charge is 0.479 e. The van der Waals surface area contributed by atoms with E-state index >= 15 is 0 Å². The number of unbranched alkanes of at least 4 members (excludes halogenated alkanes) is 14. The minimum atomic E-state index is -1.18. The van der Waals surface area contributed by atoms with Crippen LogP contribution in [0.2, 0.25) is 0 Å². The maximum absolute atomic E-state index is 10.4. The number of rotatable bonds is 18. The van der Waals surface area contributed by atoms with Crippen molar-refractivity contribution in [2.24, 2.45) is 0 Å². The first-order chi connectivity index (χ1) is 11.2. The highest BCUT2D eigenvalue weighted by molar-refractivity contribution is 5.71. The maximum atomic E-state index is 10.4. The van der Waals surface area contributed by atoms with E-state index in [1.807, 2.05) is 0 Å². The maximum Gasteiger partial charge on any atom is 0.332 e. The summed E-state index contributed by atoms with van der Waals surface area (Å²) in [6.07, 6.45) is 17.5. The molecule has 4 nitrogen and oxygen atoms in total. The number of carboxylic acid groups (broad SMARTS) is 1. The van der Waals surface area contributed by atoms with Crippen LogP contribution in [0.4, 0.5) is 0 Å². The Kier molecular flexibility index (Phi) is 17.3. The number of aliphatic hydroxyl groups is 2. The topological polar surface area (TPSA) is 77.8 Å². The van der Waals surface area contributed by atoms with Gasteiger partial charge in [0.25, 0.3) is 0 Å². The average Bonchev–Trinajstić information content (AvgIpc) is 2.54. The predicted octanol–water partition coefficient (Wildman–Crippen LogP) is 4.67. The van der Waals surface area contributed by atoms with Crippen molar-refractivity contribution in [1.82, 2.24) is 0 Å². The van der Waals surface area contributed by atoms with Gasteiger partial charge in [0, 0.05) is 6.61 Å². The van der Waals surface area contributed by atoms with Crippen molar-refractivity contribution >= 4 is 5.97 Å². The molecule has 0 rings (SSSR count). The van der Waals surface area contributed by atoms with E-state index < -0.39 is 12.1 Å². The van der Waals surface area contributed by atoms with Gasteiger partial charge in [0.15, 0.2) is 6.10 Å². The van der Waals surface area contributed by atoms with Crippen molar-refractivity contribution in [3.63, 3.8) is 0 Å². The van der Waals surface area contributed by atoms with E-state index in [0.29, 0.717) is 13.0 Å². The summed E-state index contributed by atoms with van der Waals surface area (Å²) in [5, 5.41) is 26.4. The zero-order chi connectivity index (χ0) is 17.2. The Labute approximate surface area is 142 Å². The van der Waals surface area contributed by atoms with Crippen LogP contribution in [0, 0.1) is 0 Å². The fraction of sp³-hybridized carbons (Fsp3) is 0.947. The molecule has 0 saturated heterocycles. The van der Waals surface area contributed by atoms with Crippen molar-refractivity contribution in [3.05, 3.63) is 0 Å². The van der Waals surface area contributed by atoms with Gasteiger partial charge >= 0.3 is 5.97 Å². The number of carbonyl (C=O) groups is 1. The van der Waals surface area contributed by atoms with Gasteiger partial charge in [-0.15, -0.1) is 0 Å². The lowest BCUT2D eigenvalue weighted by molar-refractivity contribution is -0.146. The van der Waals surface area contributed by atoms with Crippen LogP contribution in [0.5, 0.6) is 0 Å². The fourth-order valence-corrected chi connectivity index (χ4v) is 2.87. The molecule has 0 saturated carbocycles. The minimum Gasteiger partial charge on any atom is -0.479 e.